The summed E-state index contributed by atoms with van der Waals surface area (Å²) in [5.74, 6) is 1.59. The van der Waals surface area contributed by atoms with Crippen molar-refractivity contribution in [3.63, 3.8) is 0 Å². The number of nitrogens with zero attached hydrogens (tertiary/aromatic N) is 3. The van der Waals surface area contributed by atoms with Gasteiger partial charge in [0.15, 0.2) is 5.96 Å². The molecule has 24 heavy (non-hydrogen) atoms. The average Bonchev–Trinajstić information content (AvgIpc) is 2.57. The van der Waals surface area contributed by atoms with Crippen molar-refractivity contribution in [1.29, 1.82) is 0 Å². The minimum atomic E-state index is -3.50. The second-order valence-electron chi connectivity index (χ2n) is 5.73. The molecule has 0 amide bonds. The summed E-state index contributed by atoms with van der Waals surface area (Å²) in [6, 6.07) is 3.13. The second-order valence-corrected chi connectivity index (χ2v) is 7.50. The van der Waals surface area contributed by atoms with Crippen LogP contribution in [-0.2, 0) is 10.0 Å². The molecule has 1 aromatic heterocycles. The zero-order valence-electron chi connectivity index (χ0n) is 14.1. The predicted molar refractivity (Wildman–Crippen MR) is 106 cm³/mol. The van der Waals surface area contributed by atoms with Gasteiger partial charge in [-0.1, -0.05) is 6.92 Å². The van der Waals surface area contributed by atoms with Gasteiger partial charge in [0.05, 0.1) is 0 Å². The van der Waals surface area contributed by atoms with Crippen molar-refractivity contribution in [3.8, 4) is 0 Å². The fourth-order valence-electron chi connectivity index (χ4n) is 2.50. The van der Waals surface area contributed by atoms with E-state index in [-0.39, 0.29) is 28.9 Å². The highest BCUT2D eigenvalue weighted by Gasteiger charge is 2.18. The molecule has 0 bridgehead atoms. The van der Waals surface area contributed by atoms with Gasteiger partial charge in [0.25, 0.3) is 0 Å². The van der Waals surface area contributed by atoms with Gasteiger partial charge < -0.3 is 10.2 Å². The molecule has 2 rings (SSSR count). The van der Waals surface area contributed by atoms with E-state index < -0.39 is 10.0 Å². The lowest BCUT2D eigenvalue weighted by Crippen LogP contribution is -2.47. The van der Waals surface area contributed by atoms with Crippen LogP contribution in [0.5, 0.6) is 0 Å². The first-order chi connectivity index (χ1) is 11.0. The van der Waals surface area contributed by atoms with Crippen molar-refractivity contribution in [2.75, 3.05) is 33.2 Å². The van der Waals surface area contributed by atoms with Crippen LogP contribution in [0.2, 0.25) is 0 Å². The van der Waals surface area contributed by atoms with E-state index in [1.165, 1.54) is 12.3 Å². The maximum Gasteiger partial charge on any atom is 0.242 e. The largest absolute Gasteiger partial charge is 0.355 e. The first-order valence-corrected chi connectivity index (χ1v) is 9.36. The number of likely N-dealkylation sites (tertiary alicyclic amines) is 1. The van der Waals surface area contributed by atoms with Crippen LogP contribution in [0, 0.1) is 5.92 Å². The number of rotatable bonds is 5. The van der Waals surface area contributed by atoms with Gasteiger partial charge >= 0.3 is 0 Å². The van der Waals surface area contributed by atoms with Crippen molar-refractivity contribution < 1.29 is 8.42 Å². The van der Waals surface area contributed by atoms with Gasteiger partial charge in [-0.25, -0.2) is 13.1 Å². The zero-order chi connectivity index (χ0) is 16.7. The van der Waals surface area contributed by atoms with Crippen LogP contribution in [0.4, 0.5) is 0 Å². The Bertz CT molecular complexity index is 616. The normalized spacial score (nSPS) is 16.6. The molecule has 1 aromatic rings. The summed E-state index contributed by atoms with van der Waals surface area (Å²) in [6.07, 6.45) is 5.20. The third kappa shape index (κ3) is 6.17. The van der Waals surface area contributed by atoms with E-state index in [9.17, 15) is 8.42 Å². The fourth-order valence-corrected chi connectivity index (χ4v) is 3.50. The van der Waals surface area contributed by atoms with E-state index in [0.29, 0.717) is 13.1 Å². The first-order valence-electron chi connectivity index (χ1n) is 7.88. The Hall–Kier alpha value is -0.940. The highest BCUT2D eigenvalue weighted by molar-refractivity contribution is 14.0. The molecule has 136 valence electrons. The van der Waals surface area contributed by atoms with Crippen LogP contribution in [0.3, 0.4) is 0 Å². The molecule has 0 unspecified atom stereocenters. The zero-order valence-corrected chi connectivity index (χ0v) is 17.3. The Labute approximate surface area is 161 Å². The number of sulfonamides is 1. The monoisotopic (exact) mass is 467 g/mol. The summed E-state index contributed by atoms with van der Waals surface area (Å²) in [6.45, 7) is 5.02. The van der Waals surface area contributed by atoms with Crippen LogP contribution in [0.15, 0.2) is 34.4 Å². The summed E-state index contributed by atoms with van der Waals surface area (Å²) in [5.41, 5.74) is 0. The molecule has 0 spiro atoms. The standard InChI is InChI=1S/C15H25N5O2S.HI/c1-13-5-10-20(11-6-13)15(16-2)18-8-9-19-23(21,22)14-4-3-7-17-12-14;/h3-4,7,12-13,19H,5-6,8-11H2,1-2H3,(H,16,18);1H. The lowest BCUT2D eigenvalue weighted by atomic mass is 10.00. The molecular weight excluding hydrogens is 441 g/mol. The average molecular weight is 467 g/mol. The first kappa shape index (κ1) is 21.1. The fraction of sp³-hybridized carbons (Fsp3) is 0.600. The van der Waals surface area contributed by atoms with E-state index in [1.807, 2.05) is 0 Å². The Balaban J connectivity index is 0.00000288. The summed E-state index contributed by atoms with van der Waals surface area (Å²) < 4.78 is 26.7. The number of hydrogen-bond acceptors (Lipinski definition) is 4. The van der Waals surface area contributed by atoms with E-state index >= 15 is 0 Å². The topological polar surface area (TPSA) is 86.7 Å². The van der Waals surface area contributed by atoms with Crippen LogP contribution in [0.25, 0.3) is 0 Å². The Kier molecular flexibility index (Phi) is 8.92. The molecule has 1 fully saturated rings. The van der Waals surface area contributed by atoms with Crippen molar-refractivity contribution in [1.82, 2.24) is 19.9 Å². The Morgan fingerprint density at radius 2 is 2.08 bits per heavy atom. The van der Waals surface area contributed by atoms with E-state index in [0.717, 1.165) is 37.8 Å². The van der Waals surface area contributed by atoms with Gasteiger partial charge in [0.2, 0.25) is 10.0 Å². The Morgan fingerprint density at radius 3 is 2.67 bits per heavy atom. The van der Waals surface area contributed by atoms with E-state index in [1.54, 1.807) is 19.3 Å². The van der Waals surface area contributed by atoms with Crippen molar-refractivity contribution in [2.45, 2.75) is 24.7 Å². The van der Waals surface area contributed by atoms with Gasteiger partial charge in [-0.2, -0.15) is 0 Å². The highest BCUT2D eigenvalue weighted by Crippen LogP contribution is 2.15. The number of piperidine rings is 1. The predicted octanol–water partition coefficient (Wildman–Crippen LogP) is 1.29. The lowest BCUT2D eigenvalue weighted by Gasteiger charge is -2.32. The molecule has 2 N–H and O–H groups in total. The van der Waals surface area contributed by atoms with Crippen molar-refractivity contribution in [2.24, 2.45) is 10.9 Å². The minimum Gasteiger partial charge on any atom is -0.355 e. The van der Waals surface area contributed by atoms with Crippen LogP contribution in [-0.4, -0.2) is 57.5 Å². The van der Waals surface area contributed by atoms with E-state index in [2.05, 4.69) is 31.8 Å². The molecule has 0 radical (unpaired) electrons. The molecule has 7 nitrogen and oxygen atoms in total. The number of aromatic nitrogens is 1. The maximum absolute atomic E-state index is 12.1. The van der Waals surface area contributed by atoms with Gasteiger partial charge in [-0.05, 0) is 30.9 Å². The quantitative estimate of drug-likeness (QED) is 0.295. The number of nitrogens with one attached hydrogen (secondary N) is 2. The van der Waals surface area contributed by atoms with Gasteiger partial charge in [-0.15, -0.1) is 24.0 Å². The SMILES string of the molecule is CN=C(NCCNS(=O)(=O)c1cccnc1)N1CCC(C)CC1.I. The van der Waals surface area contributed by atoms with Gasteiger partial charge in [-0.3, -0.25) is 9.98 Å². The van der Waals surface area contributed by atoms with Crippen LogP contribution >= 0.6 is 24.0 Å². The molecule has 2 heterocycles. The molecule has 9 heteroatoms. The molecule has 1 aliphatic rings. The highest BCUT2D eigenvalue weighted by atomic mass is 127. The van der Waals surface area contributed by atoms with Crippen molar-refractivity contribution in [3.05, 3.63) is 24.5 Å². The van der Waals surface area contributed by atoms with E-state index in [4.69, 9.17) is 0 Å². The number of aliphatic imine (C=N–C) groups is 1. The molecule has 0 aliphatic carbocycles. The summed E-state index contributed by atoms with van der Waals surface area (Å²) in [7, 11) is -1.75. The number of hydrogen-bond donors (Lipinski definition) is 2. The third-order valence-electron chi connectivity index (χ3n) is 3.94. The number of halogens is 1. The molecular formula is C15H26IN5O2S. The van der Waals surface area contributed by atoms with Crippen LogP contribution in [0.1, 0.15) is 19.8 Å². The van der Waals surface area contributed by atoms with Gasteiger partial charge in [0, 0.05) is 45.6 Å². The van der Waals surface area contributed by atoms with Crippen molar-refractivity contribution >= 4 is 40.0 Å². The summed E-state index contributed by atoms with van der Waals surface area (Å²) in [5, 5.41) is 3.21. The van der Waals surface area contributed by atoms with Crippen LogP contribution < -0.4 is 10.0 Å². The smallest absolute Gasteiger partial charge is 0.242 e. The third-order valence-corrected chi connectivity index (χ3v) is 5.39. The maximum atomic E-state index is 12.1. The molecule has 0 atom stereocenters. The summed E-state index contributed by atoms with van der Waals surface area (Å²) in [4.78, 5) is 10.5. The molecule has 0 saturated carbocycles. The molecule has 1 aliphatic heterocycles. The second kappa shape index (κ2) is 10.1. The number of guanidine groups is 1. The Morgan fingerprint density at radius 1 is 1.38 bits per heavy atom. The van der Waals surface area contributed by atoms with Gasteiger partial charge in [0.1, 0.15) is 4.90 Å². The minimum absolute atomic E-state index is 0. The molecule has 1 saturated heterocycles. The summed E-state index contributed by atoms with van der Waals surface area (Å²) >= 11 is 0. The molecule has 0 aromatic carbocycles. The number of pyridine rings is 1. The lowest BCUT2D eigenvalue weighted by molar-refractivity contribution is 0.273.